The van der Waals surface area contributed by atoms with E-state index in [1.54, 1.807) is 28.6 Å². The fourth-order valence-corrected chi connectivity index (χ4v) is 4.71. The molecule has 1 fully saturated rings. The Hall–Kier alpha value is -1.47. The first-order valence-electron chi connectivity index (χ1n) is 9.47. The first kappa shape index (κ1) is 20.8. The van der Waals surface area contributed by atoms with Crippen molar-refractivity contribution in [1.29, 1.82) is 0 Å². The molecule has 1 amide bonds. The predicted octanol–water partition coefficient (Wildman–Crippen LogP) is 2.46. The van der Waals surface area contributed by atoms with Gasteiger partial charge in [-0.15, -0.1) is 0 Å². The molecule has 0 unspecified atom stereocenters. The SMILES string of the molecule is CN(CCc1ccncc1)C(=O)CCN(C1CCCCCC1)S(C)(=O)=O. The van der Waals surface area contributed by atoms with Crippen molar-refractivity contribution in [3.05, 3.63) is 30.1 Å². The molecule has 26 heavy (non-hydrogen) atoms. The van der Waals surface area contributed by atoms with Gasteiger partial charge in [-0.2, -0.15) is 4.31 Å². The van der Waals surface area contributed by atoms with Gasteiger partial charge in [0.05, 0.1) is 6.26 Å². The molecular formula is C19H31N3O3S. The fourth-order valence-electron chi connectivity index (χ4n) is 3.53. The van der Waals surface area contributed by atoms with Crippen molar-refractivity contribution in [1.82, 2.24) is 14.2 Å². The summed E-state index contributed by atoms with van der Waals surface area (Å²) >= 11 is 0. The standard InChI is InChI=1S/C19H31N3O3S/c1-21(15-11-17-9-13-20-14-10-17)19(23)12-16-22(26(2,24)25)18-7-5-3-4-6-8-18/h9-10,13-14,18H,3-8,11-12,15-16H2,1-2H3. The Morgan fingerprint density at radius 3 is 2.31 bits per heavy atom. The Balaban J connectivity index is 1.87. The molecule has 0 atom stereocenters. The summed E-state index contributed by atoms with van der Waals surface area (Å²) < 4.78 is 26.0. The molecule has 1 aliphatic rings. The molecule has 0 saturated heterocycles. The Bertz CT molecular complexity index is 656. The van der Waals surface area contributed by atoms with Crippen molar-refractivity contribution >= 4 is 15.9 Å². The second kappa shape index (κ2) is 10.0. The minimum absolute atomic E-state index is 0.0127. The van der Waals surface area contributed by atoms with Crippen LogP contribution in [0.1, 0.15) is 50.5 Å². The van der Waals surface area contributed by atoms with Crippen molar-refractivity contribution in [3.63, 3.8) is 0 Å². The molecule has 1 aromatic heterocycles. The summed E-state index contributed by atoms with van der Waals surface area (Å²) in [6.45, 7) is 0.896. The lowest BCUT2D eigenvalue weighted by molar-refractivity contribution is -0.130. The van der Waals surface area contributed by atoms with Crippen molar-refractivity contribution in [2.45, 2.75) is 57.4 Å². The average Bonchev–Trinajstić information content (AvgIpc) is 2.88. The molecule has 0 radical (unpaired) electrons. The average molecular weight is 382 g/mol. The number of aromatic nitrogens is 1. The summed E-state index contributed by atoms with van der Waals surface area (Å²) in [4.78, 5) is 18.1. The first-order chi connectivity index (χ1) is 12.4. The summed E-state index contributed by atoms with van der Waals surface area (Å²) in [6.07, 6.45) is 12.0. The van der Waals surface area contributed by atoms with Crippen LogP contribution in [0.2, 0.25) is 0 Å². The smallest absolute Gasteiger partial charge is 0.223 e. The van der Waals surface area contributed by atoms with Crippen LogP contribution in [0.3, 0.4) is 0 Å². The van der Waals surface area contributed by atoms with Crippen LogP contribution in [0.5, 0.6) is 0 Å². The van der Waals surface area contributed by atoms with E-state index < -0.39 is 10.0 Å². The third-order valence-electron chi connectivity index (χ3n) is 5.12. The van der Waals surface area contributed by atoms with E-state index in [2.05, 4.69) is 4.98 Å². The Kier molecular flexibility index (Phi) is 8.03. The van der Waals surface area contributed by atoms with Gasteiger partial charge in [0.1, 0.15) is 0 Å². The summed E-state index contributed by atoms with van der Waals surface area (Å²) in [5.41, 5.74) is 1.14. The van der Waals surface area contributed by atoms with Crippen LogP contribution in [0.25, 0.3) is 0 Å². The lowest BCUT2D eigenvalue weighted by Gasteiger charge is -2.29. The minimum atomic E-state index is -3.30. The molecule has 1 heterocycles. The van der Waals surface area contributed by atoms with Gasteiger partial charge in [-0.1, -0.05) is 25.7 Å². The van der Waals surface area contributed by atoms with Crippen LogP contribution in [-0.2, 0) is 21.2 Å². The van der Waals surface area contributed by atoms with E-state index in [-0.39, 0.29) is 24.9 Å². The van der Waals surface area contributed by atoms with E-state index >= 15 is 0 Å². The molecule has 1 aromatic rings. The van der Waals surface area contributed by atoms with Gasteiger partial charge >= 0.3 is 0 Å². The summed E-state index contributed by atoms with van der Waals surface area (Å²) in [7, 11) is -1.52. The third kappa shape index (κ3) is 6.68. The molecule has 0 aromatic carbocycles. The van der Waals surface area contributed by atoms with Crippen LogP contribution in [0, 0.1) is 0 Å². The van der Waals surface area contributed by atoms with Crippen LogP contribution < -0.4 is 0 Å². The van der Waals surface area contributed by atoms with Crippen LogP contribution >= 0.6 is 0 Å². The van der Waals surface area contributed by atoms with E-state index in [1.807, 2.05) is 12.1 Å². The number of likely N-dealkylation sites (N-methyl/N-ethyl adjacent to an activating group) is 1. The van der Waals surface area contributed by atoms with Crippen molar-refractivity contribution in [3.8, 4) is 0 Å². The lowest BCUT2D eigenvalue weighted by Crippen LogP contribution is -2.42. The third-order valence-corrected chi connectivity index (χ3v) is 6.45. The number of nitrogens with zero attached hydrogens (tertiary/aromatic N) is 3. The highest BCUT2D eigenvalue weighted by Gasteiger charge is 2.28. The molecule has 6 nitrogen and oxygen atoms in total. The van der Waals surface area contributed by atoms with Crippen molar-refractivity contribution in [2.24, 2.45) is 0 Å². The van der Waals surface area contributed by atoms with E-state index in [1.165, 1.54) is 19.1 Å². The highest BCUT2D eigenvalue weighted by atomic mass is 32.2. The lowest BCUT2D eigenvalue weighted by atomic mass is 10.1. The molecule has 1 saturated carbocycles. The van der Waals surface area contributed by atoms with Gasteiger partial charge in [0.25, 0.3) is 0 Å². The first-order valence-corrected chi connectivity index (χ1v) is 11.3. The van der Waals surface area contributed by atoms with Gasteiger partial charge in [-0.3, -0.25) is 9.78 Å². The molecule has 7 heteroatoms. The molecular weight excluding hydrogens is 350 g/mol. The summed E-state index contributed by atoms with van der Waals surface area (Å²) in [5.74, 6) is -0.0127. The van der Waals surface area contributed by atoms with Gasteiger partial charge in [0.2, 0.25) is 15.9 Å². The molecule has 0 N–H and O–H groups in total. The van der Waals surface area contributed by atoms with E-state index in [0.29, 0.717) is 6.54 Å². The number of hydrogen-bond donors (Lipinski definition) is 0. The van der Waals surface area contributed by atoms with Gasteiger partial charge in [0, 0.05) is 45.0 Å². The predicted molar refractivity (Wildman–Crippen MR) is 103 cm³/mol. The Morgan fingerprint density at radius 1 is 1.12 bits per heavy atom. The number of sulfonamides is 1. The number of pyridine rings is 1. The number of carbonyl (C=O) groups is 1. The van der Waals surface area contributed by atoms with E-state index in [9.17, 15) is 13.2 Å². The highest BCUT2D eigenvalue weighted by Crippen LogP contribution is 2.24. The van der Waals surface area contributed by atoms with E-state index in [4.69, 9.17) is 0 Å². The zero-order chi connectivity index (χ0) is 19.0. The molecule has 0 aliphatic heterocycles. The number of carbonyl (C=O) groups excluding carboxylic acids is 1. The molecule has 146 valence electrons. The maximum atomic E-state index is 12.4. The highest BCUT2D eigenvalue weighted by molar-refractivity contribution is 7.88. The molecule has 0 spiro atoms. The van der Waals surface area contributed by atoms with Gasteiger partial charge < -0.3 is 4.90 Å². The zero-order valence-electron chi connectivity index (χ0n) is 15.9. The normalized spacial score (nSPS) is 16.4. The maximum Gasteiger partial charge on any atom is 0.223 e. The molecule has 2 rings (SSSR count). The number of hydrogen-bond acceptors (Lipinski definition) is 4. The topological polar surface area (TPSA) is 70.6 Å². The van der Waals surface area contributed by atoms with Gasteiger partial charge in [0.15, 0.2) is 0 Å². The van der Waals surface area contributed by atoms with Crippen LogP contribution in [0.15, 0.2) is 24.5 Å². The number of amides is 1. The Labute approximate surface area is 157 Å². The van der Waals surface area contributed by atoms with Crippen molar-refractivity contribution in [2.75, 3.05) is 26.4 Å². The zero-order valence-corrected chi connectivity index (χ0v) is 16.7. The second-order valence-corrected chi connectivity index (χ2v) is 9.12. The molecule has 0 bridgehead atoms. The number of rotatable bonds is 8. The van der Waals surface area contributed by atoms with Gasteiger partial charge in [-0.25, -0.2) is 8.42 Å². The maximum absolute atomic E-state index is 12.4. The monoisotopic (exact) mass is 381 g/mol. The summed E-state index contributed by atoms with van der Waals surface area (Å²) in [5, 5.41) is 0. The summed E-state index contributed by atoms with van der Waals surface area (Å²) in [6, 6.07) is 3.92. The Morgan fingerprint density at radius 2 is 1.73 bits per heavy atom. The molecule has 1 aliphatic carbocycles. The minimum Gasteiger partial charge on any atom is -0.345 e. The van der Waals surface area contributed by atoms with Crippen LogP contribution in [-0.4, -0.2) is 60.9 Å². The van der Waals surface area contributed by atoms with Crippen LogP contribution in [0.4, 0.5) is 0 Å². The van der Waals surface area contributed by atoms with E-state index in [0.717, 1.165) is 37.7 Å². The fraction of sp³-hybridized carbons (Fsp3) is 0.684. The largest absolute Gasteiger partial charge is 0.345 e. The quantitative estimate of drug-likeness (QED) is 0.649. The van der Waals surface area contributed by atoms with Gasteiger partial charge in [-0.05, 0) is 37.0 Å². The second-order valence-electron chi connectivity index (χ2n) is 7.19. The van der Waals surface area contributed by atoms with Crippen molar-refractivity contribution < 1.29 is 13.2 Å².